The lowest BCUT2D eigenvalue weighted by Crippen LogP contribution is -2.12. The lowest BCUT2D eigenvalue weighted by Gasteiger charge is -2.06. The van der Waals surface area contributed by atoms with Crippen LogP contribution >= 0.6 is 0 Å². The summed E-state index contributed by atoms with van der Waals surface area (Å²) in [6.45, 7) is 3.25. The van der Waals surface area contributed by atoms with Crippen LogP contribution in [-0.2, 0) is 6.18 Å². The van der Waals surface area contributed by atoms with Gasteiger partial charge in [0, 0.05) is 11.4 Å². The minimum absolute atomic E-state index is 0.0279. The molecule has 0 atom stereocenters. The van der Waals surface area contributed by atoms with E-state index in [-0.39, 0.29) is 5.78 Å². The Balaban J connectivity index is 2.81. The summed E-state index contributed by atoms with van der Waals surface area (Å²) in [4.78, 5) is 3.86. The van der Waals surface area contributed by atoms with Gasteiger partial charge in [0.2, 0.25) is 5.82 Å². The first kappa shape index (κ1) is 9.88. The van der Waals surface area contributed by atoms with Gasteiger partial charge in [0.1, 0.15) is 0 Å². The van der Waals surface area contributed by atoms with Gasteiger partial charge in [-0.1, -0.05) is 0 Å². The molecule has 0 amide bonds. The molecule has 0 aliphatic heterocycles. The molecular formula is C8H7F3N4. The first-order valence-electron chi connectivity index (χ1n) is 4.16. The molecule has 0 unspecified atom stereocenters. The van der Waals surface area contributed by atoms with Crippen molar-refractivity contribution in [1.82, 2.24) is 19.6 Å². The van der Waals surface area contributed by atoms with Crippen molar-refractivity contribution >= 4 is 5.78 Å². The van der Waals surface area contributed by atoms with E-state index >= 15 is 0 Å². The SMILES string of the molecule is Cc1cc(C)n2c(C(F)(F)F)nnc2n1. The van der Waals surface area contributed by atoms with E-state index < -0.39 is 12.0 Å². The average molecular weight is 216 g/mol. The van der Waals surface area contributed by atoms with Gasteiger partial charge in [-0.25, -0.2) is 4.98 Å². The second kappa shape index (κ2) is 2.91. The molecule has 15 heavy (non-hydrogen) atoms. The zero-order valence-corrected chi connectivity index (χ0v) is 8.00. The van der Waals surface area contributed by atoms with Crippen LogP contribution in [0, 0.1) is 13.8 Å². The lowest BCUT2D eigenvalue weighted by molar-refractivity contribution is -0.145. The van der Waals surface area contributed by atoms with Crippen molar-refractivity contribution < 1.29 is 13.2 Å². The van der Waals surface area contributed by atoms with E-state index in [1.807, 2.05) is 0 Å². The number of hydrogen-bond acceptors (Lipinski definition) is 3. The molecule has 0 spiro atoms. The number of alkyl halides is 3. The van der Waals surface area contributed by atoms with E-state index in [0.29, 0.717) is 11.4 Å². The molecule has 80 valence electrons. The van der Waals surface area contributed by atoms with Crippen molar-refractivity contribution in [3.63, 3.8) is 0 Å². The molecule has 2 aromatic heterocycles. The number of nitrogens with zero attached hydrogens (tertiary/aromatic N) is 4. The summed E-state index contributed by atoms with van der Waals surface area (Å²) in [6.07, 6.45) is -4.51. The molecule has 0 aromatic carbocycles. The number of halogens is 3. The minimum Gasteiger partial charge on any atom is -0.260 e. The second-order valence-electron chi connectivity index (χ2n) is 3.20. The Bertz CT molecular complexity index is 514. The largest absolute Gasteiger partial charge is 0.452 e. The highest BCUT2D eigenvalue weighted by molar-refractivity contribution is 5.33. The predicted molar refractivity (Wildman–Crippen MR) is 45.3 cm³/mol. The normalized spacial score (nSPS) is 12.3. The first-order valence-corrected chi connectivity index (χ1v) is 4.16. The maximum atomic E-state index is 12.5. The van der Waals surface area contributed by atoms with Crippen LogP contribution in [0.5, 0.6) is 0 Å². The van der Waals surface area contributed by atoms with Crippen LogP contribution in [0.2, 0.25) is 0 Å². The Labute approximate surface area is 82.8 Å². The van der Waals surface area contributed by atoms with Crippen LogP contribution in [0.25, 0.3) is 5.78 Å². The summed E-state index contributed by atoms with van der Waals surface area (Å²) in [5, 5.41) is 6.48. The fourth-order valence-corrected chi connectivity index (χ4v) is 1.41. The van der Waals surface area contributed by atoms with Crippen LogP contribution in [0.4, 0.5) is 13.2 Å². The van der Waals surface area contributed by atoms with Gasteiger partial charge in [-0.15, -0.1) is 10.2 Å². The highest BCUT2D eigenvalue weighted by Crippen LogP contribution is 2.28. The number of aromatic nitrogens is 4. The van der Waals surface area contributed by atoms with Crippen LogP contribution in [-0.4, -0.2) is 19.6 Å². The summed E-state index contributed by atoms with van der Waals surface area (Å²) < 4.78 is 38.3. The zero-order chi connectivity index (χ0) is 11.2. The molecule has 0 aliphatic rings. The number of rotatable bonds is 0. The Morgan fingerprint density at radius 3 is 2.47 bits per heavy atom. The number of fused-ring (bicyclic) bond motifs is 1. The first-order chi connectivity index (χ1) is 6.89. The van der Waals surface area contributed by atoms with Gasteiger partial charge in [-0.05, 0) is 19.9 Å². The quantitative estimate of drug-likeness (QED) is 0.673. The topological polar surface area (TPSA) is 43.1 Å². The number of aryl methyl sites for hydroxylation is 2. The minimum atomic E-state index is -4.51. The average Bonchev–Trinajstić information content (AvgIpc) is 2.45. The Morgan fingerprint density at radius 2 is 1.87 bits per heavy atom. The summed E-state index contributed by atoms with van der Waals surface area (Å²) in [5.41, 5.74) is 1.02. The molecule has 0 radical (unpaired) electrons. The van der Waals surface area contributed by atoms with Crippen molar-refractivity contribution in [3.05, 3.63) is 23.3 Å². The van der Waals surface area contributed by atoms with Gasteiger partial charge in [0.05, 0.1) is 0 Å². The van der Waals surface area contributed by atoms with E-state index in [9.17, 15) is 13.2 Å². The van der Waals surface area contributed by atoms with E-state index in [0.717, 1.165) is 4.40 Å². The van der Waals surface area contributed by atoms with E-state index in [2.05, 4.69) is 15.2 Å². The molecule has 2 aromatic rings. The van der Waals surface area contributed by atoms with Gasteiger partial charge >= 0.3 is 6.18 Å². The summed E-state index contributed by atoms with van der Waals surface area (Å²) >= 11 is 0. The van der Waals surface area contributed by atoms with Gasteiger partial charge in [-0.3, -0.25) is 4.40 Å². The van der Waals surface area contributed by atoms with E-state index in [1.165, 1.54) is 0 Å². The fourth-order valence-electron chi connectivity index (χ4n) is 1.41. The highest BCUT2D eigenvalue weighted by atomic mass is 19.4. The molecule has 4 nitrogen and oxygen atoms in total. The standard InChI is InChI=1S/C8H7F3N4/c1-4-3-5(2)15-6(8(9,10)11)13-14-7(15)12-4/h3H,1-2H3. The molecule has 0 fully saturated rings. The van der Waals surface area contributed by atoms with Crippen molar-refractivity contribution in [2.45, 2.75) is 20.0 Å². The molecule has 2 rings (SSSR count). The maximum absolute atomic E-state index is 12.5. The Morgan fingerprint density at radius 1 is 1.20 bits per heavy atom. The van der Waals surface area contributed by atoms with Crippen molar-refractivity contribution in [1.29, 1.82) is 0 Å². The van der Waals surface area contributed by atoms with Crippen molar-refractivity contribution in [3.8, 4) is 0 Å². The third-order valence-corrected chi connectivity index (χ3v) is 1.95. The van der Waals surface area contributed by atoms with E-state index in [1.54, 1.807) is 19.9 Å². The van der Waals surface area contributed by atoms with Gasteiger partial charge in [-0.2, -0.15) is 13.2 Å². The molecule has 0 aliphatic carbocycles. The van der Waals surface area contributed by atoms with Gasteiger partial charge in [0.25, 0.3) is 5.78 Å². The molecule has 0 N–H and O–H groups in total. The van der Waals surface area contributed by atoms with Crippen LogP contribution in [0.3, 0.4) is 0 Å². The highest BCUT2D eigenvalue weighted by Gasteiger charge is 2.37. The molecule has 0 saturated carbocycles. The monoisotopic (exact) mass is 216 g/mol. The van der Waals surface area contributed by atoms with Gasteiger partial charge in [0.15, 0.2) is 0 Å². The molecule has 7 heteroatoms. The number of hydrogen-bond donors (Lipinski definition) is 0. The van der Waals surface area contributed by atoms with Crippen molar-refractivity contribution in [2.24, 2.45) is 0 Å². The molecule has 2 heterocycles. The van der Waals surface area contributed by atoms with Crippen molar-refractivity contribution in [2.75, 3.05) is 0 Å². The Hall–Kier alpha value is -1.66. The molecule has 0 saturated heterocycles. The van der Waals surface area contributed by atoms with Crippen LogP contribution in [0.15, 0.2) is 6.07 Å². The third-order valence-electron chi connectivity index (χ3n) is 1.95. The summed E-state index contributed by atoms with van der Waals surface area (Å²) in [6, 6.07) is 1.55. The summed E-state index contributed by atoms with van der Waals surface area (Å²) in [5.74, 6) is -1.07. The van der Waals surface area contributed by atoms with E-state index in [4.69, 9.17) is 0 Å². The lowest BCUT2D eigenvalue weighted by atomic mass is 10.3. The second-order valence-corrected chi connectivity index (χ2v) is 3.20. The smallest absolute Gasteiger partial charge is 0.260 e. The molecular weight excluding hydrogens is 209 g/mol. The molecule has 0 bridgehead atoms. The maximum Gasteiger partial charge on any atom is 0.452 e. The third kappa shape index (κ3) is 1.53. The predicted octanol–water partition coefficient (Wildman–Crippen LogP) is 1.76. The van der Waals surface area contributed by atoms with Crippen LogP contribution in [0.1, 0.15) is 17.2 Å². The van der Waals surface area contributed by atoms with Gasteiger partial charge < -0.3 is 0 Å². The zero-order valence-electron chi connectivity index (χ0n) is 8.00. The van der Waals surface area contributed by atoms with Crippen LogP contribution < -0.4 is 0 Å². The fraction of sp³-hybridized carbons (Fsp3) is 0.375. The Kier molecular flexibility index (Phi) is 1.92. The summed E-state index contributed by atoms with van der Waals surface area (Å²) in [7, 11) is 0.